The van der Waals surface area contributed by atoms with Crippen LogP contribution in [0.3, 0.4) is 0 Å². The van der Waals surface area contributed by atoms with Crippen molar-refractivity contribution in [2.24, 2.45) is 23.7 Å². The van der Waals surface area contributed by atoms with Crippen molar-refractivity contribution in [3.8, 4) is 17.2 Å². The highest BCUT2D eigenvalue weighted by atomic mass is 79.9. The number of rotatable bonds is 6. The number of imide groups is 4. The van der Waals surface area contributed by atoms with E-state index in [0.29, 0.717) is 31.3 Å². The molecule has 3 fully saturated rings. The topological polar surface area (TPSA) is 152 Å². The first-order valence-corrected chi connectivity index (χ1v) is 17.4. The maximum absolute atomic E-state index is 15.3. The van der Waals surface area contributed by atoms with E-state index in [9.17, 15) is 24.3 Å². The molecule has 0 radical (unpaired) electrons. The largest absolute Gasteiger partial charge is 0.504 e. The lowest BCUT2D eigenvalue weighted by atomic mass is 9.49. The first-order valence-electron chi connectivity index (χ1n) is 15.9. The monoisotopic (exact) mass is 797 g/mol. The average molecular weight is 799 g/mol. The van der Waals surface area contributed by atoms with E-state index in [1.54, 1.807) is 48.5 Å². The lowest BCUT2D eigenvalue weighted by Crippen LogP contribution is -2.53. The van der Waals surface area contributed by atoms with E-state index < -0.39 is 64.7 Å². The number of phenolic OH excluding ortho intramolecular Hbond substituents is 1. The predicted octanol–water partition coefficient (Wildman–Crippen LogP) is 6.23. The molecule has 6 atom stereocenters. The van der Waals surface area contributed by atoms with Gasteiger partial charge in [-0.15, -0.1) is 0 Å². The number of carbonyl (C=O) groups excluding carboxylic acids is 5. The number of halogens is 3. The lowest BCUT2D eigenvalue weighted by Gasteiger charge is -2.50. The third-order valence-corrected chi connectivity index (χ3v) is 11.5. The van der Waals surface area contributed by atoms with Crippen LogP contribution in [-0.4, -0.2) is 66.1 Å². The number of amides is 5. The molecular weight excluding hydrogens is 769 g/mol. The second kappa shape index (κ2) is 12.9. The molecule has 2 saturated heterocycles. The summed E-state index contributed by atoms with van der Waals surface area (Å²) in [5, 5.41) is 13.2. The zero-order valence-electron chi connectivity index (χ0n) is 27.3. The van der Waals surface area contributed by atoms with Crippen molar-refractivity contribution in [1.82, 2.24) is 9.91 Å². The Labute approximate surface area is 310 Å². The number of phenols is 1. The summed E-state index contributed by atoms with van der Waals surface area (Å²) in [6.07, 6.45) is 0.704. The van der Waals surface area contributed by atoms with Crippen molar-refractivity contribution in [2.75, 3.05) is 26.8 Å². The van der Waals surface area contributed by atoms with Crippen LogP contribution in [0.25, 0.3) is 0 Å². The molecular formula is C36H30BrCl2N3O9. The summed E-state index contributed by atoms with van der Waals surface area (Å²) < 4.78 is 16.2. The van der Waals surface area contributed by atoms with Crippen molar-refractivity contribution in [1.29, 1.82) is 0 Å². The Balaban J connectivity index is 1.50. The molecule has 5 amide bonds. The molecule has 264 valence electrons. The molecule has 2 heterocycles. The van der Waals surface area contributed by atoms with Crippen molar-refractivity contribution in [3.63, 3.8) is 0 Å². The maximum Gasteiger partial charge on any atom is 0.423 e. The molecule has 2 N–H and O–H groups in total. The van der Waals surface area contributed by atoms with E-state index in [4.69, 9.17) is 37.4 Å². The van der Waals surface area contributed by atoms with Crippen LogP contribution >= 0.6 is 39.1 Å². The molecule has 0 unspecified atom stereocenters. The number of nitrogens with zero attached hydrogens (tertiary/aromatic N) is 2. The van der Waals surface area contributed by atoms with Crippen molar-refractivity contribution >= 4 is 74.5 Å². The Morgan fingerprint density at radius 2 is 1.67 bits per heavy atom. The van der Waals surface area contributed by atoms with Gasteiger partial charge in [0, 0.05) is 21.0 Å². The molecule has 0 bridgehead atoms. The summed E-state index contributed by atoms with van der Waals surface area (Å²) in [6, 6.07) is 14.5. The number of hydrazine groups is 1. The minimum atomic E-state index is -1.72. The molecule has 3 aromatic rings. The Hall–Kier alpha value is -4.59. The number of nitrogens with one attached hydrogen (secondary N) is 1. The number of allylic oxidation sites excluding steroid dienone is 2. The van der Waals surface area contributed by atoms with Gasteiger partial charge in [0.05, 0.1) is 55.2 Å². The van der Waals surface area contributed by atoms with E-state index in [0.717, 1.165) is 12.1 Å². The number of carbonyl (C=O) groups is 5. The van der Waals surface area contributed by atoms with E-state index in [2.05, 4.69) is 21.4 Å². The molecule has 3 aromatic carbocycles. The fourth-order valence-electron chi connectivity index (χ4n) is 8.43. The molecule has 15 heteroatoms. The SMILES string of the molecule is COC(=O)N1C(=O)[C@H]2[C@H](CC=C3[C@H]2C[C@H]2C(=O)N(Nc4ccc(Cl)cc4Cl)C(=O)[C@@]2(c2ccc(OC)cc2)[C@H]3c2cc(Br)cc(OC)c2O)C1=O. The first kappa shape index (κ1) is 34.8. The van der Waals surface area contributed by atoms with Crippen molar-refractivity contribution in [2.45, 2.75) is 24.2 Å². The Kier molecular flexibility index (Phi) is 8.79. The molecule has 0 spiro atoms. The third kappa shape index (κ3) is 5.11. The predicted molar refractivity (Wildman–Crippen MR) is 187 cm³/mol. The first-order chi connectivity index (χ1) is 24.4. The summed E-state index contributed by atoms with van der Waals surface area (Å²) in [6.45, 7) is 0. The highest BCUT2D eigenvalue weighted by molar-refractivity contribution is 9.10. The molecule has 12 nitrogen and oxygen atoms in total. The van der Waals surface area contributed by atoms with Crippen LogP contribution in [-0.2, 0) is 29.3 Å². The van der Waals surface area contributed by atoms with Gasteiger partial charge >= 0.3 is 6.09 Å². The van der Waals surface area contributed by atoms with Crippen LogP contribution in [0.4, 0.5) is 10.5 Å². The molecule has 51 heavy (non-hydrogen) atoms. The van der Waals surface area contributed by atoms with Gasteiger partial charge in [-0.1, -0.05) is 62.9 Å². The molecule has 4 aliphatic rings. The Bertz CT molecular complexity index is 2060. The van der Waals surface area contributed by atoms with Gasteiger partial charge in [0.2, 0.25) is 11.8 Å². The van der Waals surface area contributed by atoms with E-state index in [-0.39, 0.29) is 40.6 Å². The summed E-state index contributed by atoms with van der Waals surface area (Å²) in [4.78, 5) is 70.8. The summed E-state index contributed by atoms with van der Waals surface area (Å²) in [5.41, 5.74) is 2.66. The number of ether oxygens (including phenoxy) is 3. The molecule has 0 aromatic heterocycles. The number of methoxy groups -OCH3 is 3. The minimum absolute atomic E-state index is 0.0490. The van der Waals surface area contributed by atoms with Gasteiger partial charge in [-0.05, 0) is 66.8 Å². The maximum atomic E-state index is 15.3. The van der Waals surface area contributed by atoms with Gasteiger partial charge in [0.1, 0.15) is 5.75 Å². The van der Waals surface area contributed by atoms with Crippen LogP contribution in [0.5, 0.6) is 17.2 Å². The number of anilines is 1. The highest BCUT2D eigenvalue weighted by Gasteiger charge is 2.71. The molecule has 2 aliphatic carbocycles. The van der Waals surface area contributed by atoms with E-state index in [1.807, 2.05) is 0 Å². The standard InChI is InChI=1S/C36H30BrCl2N3O9/c1-49-19-7-4-16(5-8-19)36-24(32(45)42(34(36)47)40-26-11-6-18(38)14-25(26)39)15-22-20(29(36)23-12-17(37)13-27(50-2)30(23)43)9-10-21-28(22)33(46)41(31(21)44)35(48)51-3/h4-9,11-14,21-22,24,28-29,40,43H,10,15H2,1-3H3/t21-,22+,24-,28-,29+,36+/m0/s1. The summed E-state index contributed by atoms with van der Waals surface area (Å²) >= 11 is 16.1. The normalized spacial score (nSPS) is 26.7. The molecule has 1 saturated carbocycles. The van der Waals surface area contributed by atoms with Gasteiger partial charge in [0.25, 0.3) is 11.8 Å². The highest BCUT2D eigenvalue weighted by Crippen LogP contribution is 2.65. The van der Waals surface area contributed by atoms with Crippen LogP contribution < -0.4 is 14.9 Å². The van der Waals surface area contributed by atoms with Crippen molar-refractivity contribution < 1.29 is 43.3 Å². The third-order valence-electron chi connectivity index (χ3n) is 10.5. The quantitative estimate of drug-likeness (QED) is 0.217. The number of aromatic hydroxyl groups is 1. The number of likely N-dealkylation sites (tertiary alicyclic amines) is 1. The fourth-order valence-corrected chi connectivity index (χ4v) is 9.33. The molecule has 2 aliphatic heterocycles. The smallest absolute Gasteiger partial charge is 0.423 e. The lowest BCUT2D eigenvalue weighted by molar-refractivity contribution is -0.140. The van der Waals surface area contributed by atoms with Crippen LogP contribution in [0.15, 0.2) is 70.7 Å². The summed E-state index contributed by atoms with van der Waals surface area (Å²) in [7, 11) is 3.97. The average Bonchev–Trinajstić information content (AvgIpc) is 3.50. The summed E-state index contributed by atoms with van der Waals surface area (Å²) in [5.74, 6) is -7.38. The van der Waals surface area contributed by atoms with Gasteiger partial charge in [-0.25, -0.2) is 4.79 Å². The molecule has 7 rings (SSSR count). The number of hydrogen-bond donors (Lipinski definition) is 2. The zero-order chi connectivity index (χ0) is 36.5. The second-order valence-corrected chi connectivity index (χ2v) is 14.5. The van der Waals surface area contributed by atoms with Gasteiger partial charge in [-0.3, -0.25) is 24.6 Å². The van der Waals surface area contributed by atoms with Gasteiger partial charge in [-0.2, -0.15) is 9.91 Å². The van der Waals surface area contributed by atoms with Crippen molar-refractivity contribution in [3.05, 3.63) is 91.9 Å². The van der Waals surface area contributed by atoms with Crippen LogP contribution in [0, 0.1) is 23.7 Å². The Morgan fingerprint density at radius 3 is 2.31 bits per heavy atom. The Morgan fingerprint density at radius 1 is 0.941 bits per heavy atom. The van der Waals surface area contributed by atoms with Gasteiger partial charge in [0.15, 0.2) is 11.5 Å². The number of benzene rings is 3. The van der Waals surface area contributed by atoms with E-state index >= 15 is 4.79 Å². The minimum Gasteiger partial charge on any atom is -0.504 e. The zero-order valence-corrected chi connectivity index (χ0v) is 30.4. The van der Waals surface area contributed by atoms with E-state index in [1.165, 1.54) is 26.4 Å². The fraction of sp³-hybridized carbons (Fsp3) is 0.306. The second-order valence-electron chi connectivity index (χ2n) is 12.7. The van der Waals surface area contributed by atoms with Crippen LogP contribution in [0.2, 0.25) is 10.0 Å². The number of hydrogen-bond acceptors (Lipinski definition) is 10. The van der Waals surface area contributed by atoms with Crippen LogP contribution in [0.1, 0.15) is 29.9 Å². The number of fused-ring (bicyclic) bond motifs is 4. The van der Waals surface area contributed by atoms with Gasteiger partial charge < -0.3 is 19.3 Å².